The zero-order chi connectivity index (χ0) is 15.2. The van der Waals surface area contributed by atoms with E-state index in [9.17, 15) is 13.2 Å². The van der Waals surface area contributed by atoms with Gasteiger partial charge in [0, 0.05) is 19.3 Å². The monoisotopic (exact) mass is 299 g/mol. The van der Waals surface area contributed by atoms with Gasteiger partial charge in [0.15, 0.2) is 0 Å². The van der Waals surface area contributed by atoms with E-state index >= 15 is 0 Å². The molecule has 0 aliphatic rings. The van der Waals surface area contributed by atoms with Gasteiger partial charge in [0.2, 0.25) is 15.9 Å². The Balaban J connectivity index is 2.66. The molecule has 1 aromatic carbocycles. The topological polar surface area (TPSA) is 92.5 Å². The fraction of sp³-hybridized carbons (Fsp3) is 0.462. The Hall–Kier alpha value is -1.60. The smallest absolute Gasteiger partial charge is 0.235 e. The molecular weight excluding hydrogens is 278 g/mol. The lowest BCUT2D eigenvalue weighted by molar-refractivity contribution is -0.121. The molecule has 0 unspecified atom stereocenters. The summed E-state index contributed by atoms with van der Waals surface area (Å²) in [5.74, 6) is -0.471. The summed E-state index contributed by atoms with van der Waals surface area (Å²) in [7, 11) is -2.14. The number of hydrogen-bond donors (Lipinski definition) is 2. The second-order valence-corrected chi connectivity index (χ2v) is 6.68. The van der Waals surface area contributed by atoms with E-state index in [1.807, 2.05) is 6.92 Å². The van der Waals surface area contributed by atoms with Gasteiger partial charge in [0.05, 0.1) is 12.3 Å². The van der Waals surface area contributed by atoms with E-state index in [0.29, 0.717) is 17.8 Å². The summed E-state index contributed by atoms with van der Waals surface area (Å²) < 4.78 is 25.3. The van der Waals surface area contributed by atoms with E-state index in [1.165, 1.54) is 7.05 Å². The molecular formula is C13H21N3O3S. The number of carbonyl (C=O) groups is 1. The van der Waals surface area contributed by atoms with Crippen LogP contribution in [0.15, 0.2) is 24.3 Å². The highest BCUT2D eigenvalue weighted by Crippen LogP contribution is 2.12. The summed E-state index contributed by atoms with van der Waals surface area (Å²) in [6.45, 7) is 2.30. The highest BCUT2D eigenvalue weighted by atomic mass is 32.2. The van der Waals surface area contributed by atoms with Crippen molar-refractivity contribution in [2.45, 2.75) is 19.1 Å². The maximum Gasteiger partial charge on any atom is 0.235 e. The molecule has 0 aromatic heterocycles. The van der Waals surface area contributed by atoms with Crippen molar-refractivity contribution in [3.63, 3.8) is 0 Å². The normalized spacial score (nSPS) is 11.6. The Labute approximate surface area is 120 Å². The minimum Gasteiger partial charge on any atom is -0.399 e. The Bertz CT molecular complexity index is 558. The second-order valence-electron chi connectivity index (χ2n) is 4.61. The maximum absolute atomic E-state index is 12.1. The number of likely N-dealkylation sites (N-methyl/N-ethyl adjacent to an activating group) is 1. The van der Waals surface area contributed by atoms with Crippen LogP contribution < -0.4 is 11.1 Å². The maximum atomic E-state index is 12.1. The van der Waals surface area contributed by atoms with Gasteiger partial charge in [0.1, 0.15) is 0 Å². The van der Waals surface area contributed by atoms with E-state index in [4.69, 9.17) is 5.73 Å². The molecule has 6 nitrogen and oxygen atoms in total. The van der Waals surface area contributed by atoms with E-state index in [2.05, 4.69) is 5.32 Å². The standard InChI is InChI=1S/C13H21N3O3S/c1-3-7-15-13(17)9-16(2)20(18,19)10-11-5-4-6-12(14)8-11/h4-6,8H,3,7,9-10,14H2,1-2H3,(H,15,17). The number of anilines is 1. The Morgan fingerprint density at radius 2 is 2.10 bits per heavy atom. The van der Waals surface area contributed by atoms with Gasteiger partial charge in [0.25, 0.3) is 0 Å². The number of hydrogen-bond acceptors (Lipinski definition) is 4. The molecule has 0 aliphatic heterocycles. The zero-order valence-corrected chi connectivity index (χ0v) is 12.6. The van der Waals surface area contributed by atoms with Crippen LogP contribution in [0.2, 0.25) is 0 Å². The highest BCUT2D eigenvalue weighted by molar-refractivity contribution is 7.88. The highest BCUT2D eigenvalue weighted by Gasteiger charge is 2.20. The van der Waals surface area contributed by atoms with E-state index < -0.39 is 10.0 Å². The lowest BCUT2D eigenvalue weighted by Crippen LogP contribution is -2.39. The average molecular weight is 299 g/mol. The third kappa shape index (κ3) is 5.18. The van der Waals surface area contributed by atoms with Gasteiger partial charge in [-0.3, -0.25) is 4.79 Å². The van der Waals surface area contributed by atoms with Gasteiger partial charge in [-0.25, -0.2) is 8.42 Å². The van der Waals surface area contributed by atoms with E-state index in [0.717, 1.165) is 10.7 Å². The molecule has 0 fully saturated rings. The van der Waals surface area contributed by atoms with Crippen LogP contribution in [0.3, 0.4) is 0 Å². The number of nitrogen functional groups attached to an aromatic ring is 1. The summed E-state index contributed by atoms with van der Waals surface area (Å²) in [5, 5.41) is 2.64. The first kappa shape index (κ1) is 16.5. The van der Waals surface area contributed by atoms with Crippen LogP contribution in [0, 0.1) is 0 Å². The van der Waals surface area contributed by atoms with Crippen molar-refractivity contribution < 1.29 is 13.2 Å². The fourth-order valence-electron chi connectivity index (χ4n) is 1.62. The predicted octanol–water partition coefficient (Wildman–Crippen LogP) is 0.557. The van der Waals surface area contributed by atoms with Crippen molar-refractivity contribution in [2.75, 3.05) is 25.9 Å². The van der Waals surface area contributed by atoms with Crippen molar-refractivity contribution in [1.82, 2.24) is 9.62 Å². The van der Waals surface area contributed by atoms with Crippen molar-refractivity contribution >= 4 is 21.6 Å². The van der Waals surface area contributed by atoms with Gasteiger partial charge < -0.3 is 11.1 Å². The summed E-state index contributed by atoms with van der Waals surface area (Å²) >= 11 is 0. The van der Waals surface area contributed by atoms with Crippen LogP contribution in [-0.2, 0) is 20.6 Å². The van der Waals surface area contributed by atoms with Crippen molar-refractivity contribution in [1.29, 1.82) is 0 Å². The lowest BCUT2D eigenvalue weighted by Gasteiger charge is -2.17. The Morgan fingerprint density at radius 3 is 2.70 bits per heavy atom. The number of nitrogens with one attached hydrogen (secondary N) is 1. The van der Waals surface area contributed by atoms with Crippen molar-refractivity contribution in [3.8, 4) is 0 Å². The van der Waals surface area contributed by atoms with Gasteiger partial charge in [-0.15, -0.1) is 0 Å². The SMILES string of the molecule is CCCNC(=O)CN(C)S(=O)(=O)Cc1cccc(N)c1. The Kier molecular flexibility index (Phi) is 5.97. The molecule has 1 aromatic rings. The zero-order valence-electron chi connectivity index (χ0n) is 11.8. The van der Waals surface area contributed by atoms with Gasteiger partial charge >= 0.3 is 0 Å². The number of carbonyl (C=O) groups excluding carboxylic acids is 1. The third-order valence-corrected chi connectivity index (χ3v) is 4.49. The molecule has 0 atom stereocenters. The van der Waals surface area contributed by atoms with Crippen LogP contribution >= 0.6 is 0 Å². The average Bonchev–Trinajstić information content (AvgIpc) is 2.35. The van der Waals surface area contributed by atoms with Crippen molar-refractivity contribution in [2.24, 2.45) is 0 Å². The minimum absolute atomic E-state index is 0.171. The minimum atomic E-state index is -3.53. The number of amides is 1. The van der Waals surface area contributed by atoms with Crippen LogP contribution in [0.1, 0.15) is 18.9 Å². The number of benzene rings is 1. The van der Waals surface area contributed by atoms with Gasteiger partial charge in [-0.05, 0) is 24.1 Å². The Morgan fingerprint density at radius 1 is 1.40 bits per heavy atom. The molecule has 1 amide bonds. The molecule has 20 heavy (non-hydrogen) atoms. The quantitative estimate of drug-likeness (QED) is 0.719. The molecule has 0 heterocycles. The number of rotatable bonds is 7. The number of nitrogens with two attached hydrogens (primary N) is 1. The van der Waals surface area contributed by atoms with Crippen LogP contribution in [0.4, 0.5) is 5.69 Å². The molecule has 0 saturated heterocycles. The van der Waals surface area contributed by atoms with Crippen LogP contribution in [0.5, 0.6) is 0 Å². The van der Waals surface area contributed by atoms with Crippen molar-refractivity contribution in [3.05, 3.63) is 29.8 Å². The first-order chi connectivity index (χ1) is 9.35. The first-order valence-electron chi connectivity index (χ1n) is 6.40. The molecule has 7 heteroatoms. The third-order valence-electron chi connectivity index (χ3n) is 2.71. The van der Waals surface area contributed by atoms with E-state index in [-0.39, 0.29) is 18.2 Å². The van der Waals surface area contributed by atoms with E-state index in [1.54, 1.807) is 24.3 Å². The van der Waals surface area contributed by atoms with Crippen LogP contribution in [0.25, 0.3) is 0 Å². The summed E-state index contributed by atoms with van der Waals surface area (Å²) in [4.78, 5) is 11.5. The van der Waals surface area contributed by atoms with Crippen LogP contribution in [-0.4, -0.2) is 38.8 Å². The molecule has 0 bridgehead atoms. The largest absolute Gasteiger partial charge is 0.399 e. The lowest BCUT2D eigenvalue weighted by atomic mass is 10.2. The number of sulfonamides is 1. The molecule has 0 saturated carbocycles. The fourth-order valence-corrected chi connectivity index (χ4v) is 2.76. The molecule has 3 N–H and O–H groups in total. The number of nitrogens with zero attached hydrogens (tertiary/aromatic N) is 1. The summed E-state index contributed by atoms with van der Waals surface area (Å²) in [6.07, 6.45) is 0.811. The first-order valence-corrected chi connectivity index (χ1v) is 8.01. The molecule has 112 valence electrons. The van der Waals surface area contributed by atoms with Gasteiger partial charge in [-0.2, -0.15) is 4.31 Å². The molecule has 0 spiro atoms. The molecule has 0 aliphatic carbocycles. The second kappa shape index (κ2) is 7.25. The predicted molar refractivity (Wildman–Crippen MR) is 79.4 cm³/mol. The summed E-state index contributed by atoms with van der Waals surface area (Å²) in [5.41, 5.74) is 6.73. The van der Waals surface area contributed by atoms with Gasteiger partial charge in [-0.1, -0.05) is 19.1 Å². The molecule has 1 rings (SSSR count). The summed E-state index contributed by atoms with van der Waals surface area (Å²) in [6, 6.07) is 6.70. The molecule has 0 radical (unpaired) electrons.